The van der Waals surface area contributed by atoms with Crippen molar-refractivity contribution in [1.82, 2.24) is 20.2 Å². The molecule has 0 aliphatic carbocycles. The Kier molecular flexibility index (Phi) is 7.34. The SMILES string of the molecule is CCCCCCC(C)NS(=O)(=O)c1c(CNC)n[nH]c1C. The first-order valence-corrected chi connectivity index (χ1v) is 9.11. The van der Waals surface area contributed by atoms with Crippen LogP contribution in [0.15, 0.2) is 4.90 Å². The van der Waals surface area contributed by atoms with Gasteiger partial charge in [0.15, 0.2) is 0 Å². The van der Waals surface area contributed by atoms with Gasteiger partial charge in [-0.2, -0.15) is 5.10 Å². The van der Waals surface area contributed by atoms with E-state index in [9.17, 15) is 8.42 Å². The molecule has 7 heteroatoms. The lowest BCUT2D eigenvalue weighted by molar-refractivity contribution is 0.521. The molecule has 3 N–H and O–H groups in total. The molecule has 0 saturated carbocycles. The minimum absolute atomic E-state index is 0.0661. The highest BCUT2D eigenvalue weighted by Crippen LogP contribution is 2.18. The number of nitrogens with zero attached hydrogens (tertiary/aromatic N) is 1. The summed E-state index contributed by atoms with van der Waals surface area (Å²) in [6.07, 6.45) is 5.44. The number of unbranched alkanes of at least 4 members (excludes halogenated alkanes) is 3. The minimum atomic E-state index is -3.53. The van der Waals surface area contributed by atoms with Crippen LogP contribution < -0.4 is 10.0 Å². The van der Waals surface area contributed by atoms with Gasteiger partial charge in [0.25, 0.3) is 0 Å². The van der Waals surface area contributed by atoms with E-state index in [4.69, 9.17) is 0 Å². The average molecular weight is 316 g/mol. The van der Waals surface area contributed by atoms with Crippen LogP contribution in [0.4, 0.5) is 0 Å². The number of aryl methyl sites for hydroxylation is 1. The van der Waals surface area contributed by atoms with Crippen LogP contribution in [0.3, 0.4) is 0 Å². The van der Waals surface area contributed by atoms with E-state index in [0.717, 1.165) is 19.3 Å². The lowest BCUT2D eigenvalue weighted by Gasteiger charge is -2.14. The molecule has 0 spiro atoms. The summed E-state index contributed by atoms with van der Waals surface area (Å²) in [5.41, 5.74) is 1.10. The Morgan fingerprint density at radius 1 is 1.29 bits per heavy atom. The van der Waals surface area contributed by atoms with Crippen molar-refractivity contribution in [3.63, 3.8) is 0 Å². The zero-order chi connectivity index (χ0) is 15.9. The molecule has 6 nitrogen and oxygen atoms in total. The fraction of sp³-hybridized carbons (Fsp3) is 0.786. The van der Waals surface area contributed by atoms with E-state index < -0.39 is 10.0 Å². The molecule has 1 rings (SSSR count). The number of nitrogens with one attached hydrogen (secondary N) is 3. The molecule has 0 saturated heterocycles. The first-order valence-electron chi connectivity index (χ1n) is 7.63. The molecule has 122 valence electrons. The topological polar surface area (TPSA) is 86.9 Å². The molecule has 1 heterocycles. The van der Waals surface area contributed by atoms with E-state index in [-0.39, 0.29) is 10.9 Å². The molecule has 1 atom stereocenters. The summed E-state index contributed by atoms with van der Waals surface area (Å²) in [5.74, 6) is 0. The monoisotopic (exact) mass is 316 g/mol. The van der Waals surface area contributed by atoms with Gasteiger partial charge in [-0.3, -0.25) is 5.10 Å². The summed E-state index contributed by atoms with van der Waals surface area (Å²) in [6.45, 7) is 6.23. The Balaban J connectivity index is 2.70. The third-order valence-electron chi connectivity index (χ3n) is 3.42. The summed E-state index contributed by atoms with van der Waals surface area (Å²) >= 11 is 0. The van der Waals surface area contributed by atoms with E-state index >= 15 is 0 Å². The Morgan fingerprint density at radius 3 is 2.62 bits per heavy atom. The van der Waals surface area contributed by atoms with Crippen molar-refractivity contribution in [3.05, 3.63) is 11.4 Å². The number of aromatic nitrogens is 2. The second-order valence-corrected chi connectivity index (χ2v) is 7.18. The zero-order valence-electron chi connectivity index (χ0n) is 13.5. The molecule has 21 heavy (non-hydrogen) atoms. The molecule has 0 bridgehead atoms. The maximum absolute atomic E-state index is 12.5. The predicted octanol–water partition coefficient (Wildman–Crippen LogP) is 2.07. The second kappa shape index (κ2) is 8.51. The van der Waals surface area contributed by atoms with Crippen molar-refractivity contribution >= 4 is 10.0 Å². The number of hydrogen-bond donors (Lipinski definition) is 3. The van der Waals surface area contributed by atoms with Gasteiger partial charge in [0.05, 0.1) is 11.4 Å². The maximum Gasteiger partial charge on any atom is 0.244 e. The molecule has 1 aromatic rings. The molecule has 0 radical (unpaired) electrons. The van der Waals surface area contributed by atoms with Crippen molar-refractivity contribution in [2.45, 2.75) is 70.4 Å². The third kappa shape index (κ3) is 5.41. The largest absolute Gasteiger partial charge is 0.314 e. The fourth-order valence-electron chi connectivity index (χ4n) is 2.37. The van der Waals surface area contributed by atoms with Crippen molar-refractivity contribution in [3.8, 4) is 0 Å². The smallest absolute Gasteiger partial charge is 0.244 e. The number of rotatable bonds is 10. The van der Waals surface area contributed by atoms with Crippen molar-refractivity contribution < 1.29 is 8.42 Å². The summed E-state index contributed by atoms with van der Waals surface area (Å²) in [4.78, 5) is 0.275. The van der Waals surface area contributed by atoms with Gasteiger partial charge in [-0.05, 0) is 27.3 Å². The van der Waals surface area contributed by atoms with E-state index in [2.05, 4.69) is 27.2 Å². The molecular formula is C14H28N4O2S. The number of aromatic amines is 1. The molecule has 0 aromatic carbocycles. The quantitative estimate of drug-likeness (QED) is 0.577. The van der Waals surface area contributed by atoms with Crippen molar-refractivity contribution in [2.75, 3.05) is 7.05 Å². The molecule has 0 aliphatic rings. The van der Waals surface area contributed by atoms with Gasteiger partial charge in [-0.15, -0.1) is 0 Å². The van der Waals surface area contributed by atoms with E-state index in [1.54, 1.807) is 14.0 Å². The Bertz CT molecular complexity index is 525. The van der Waals surface area contributed by atoms with Crippen LogP contribution in [0, 0.1) is 6.92 Å². The zero-order valence-corrected chi connectivity index (χ0v) is 14.3. The molecule has 0 aliphatic heterocycles. The maximum atomic E-state index is 12.5. The normalized spacial score (nSPS) is 13.5. The van der Waals surface area contributed by atoms with Gasteiger partial charge in [0.2, 0.25) is 10.0 Å². The molecule has 1 aromatic heterocycles. The van der Waals surface area contributed by atoms with Crippen LogP contribution in [0.25, 0.3) is 0 Å². The lowest BCUT2D eigenvalue weighted by atomic mass is 10.1. The molecule has 1 unspecified atom stereocenters. The number of H-pyrrole nitrogens is 1. The molecular weight excluding hydrogens is 288 g/mol. The second-order valence-electron chi connectivity index (χ2n) is 5.53. The van der Waals surface area contributed by atoms with Gasteiger partial charge < -0.3 is 5.32 Å². The highest BCUT2D eigenvalue weighted by atomic mass is 32.2. The minimum Gasteiger partial charge on any atom is -0.314 e. The van der Waals surface area contributed by atoms with Crippen LogP contribution >= 0.6 is 0 Å². The highest BCUT2D eigenvalue weighted by molar-refractivity contribution is 7.89. The van der Waals surface area contributed by atoms with E-state index in [1.165, 1.54) is 12.8 Å². The fourth-order valence-corrected chi connectivity index (χ4v) is 4.02. The predicted molar refractivity (Wildman–Crippen MR) is 84.6 cm³/mol. The Hall–Kier alpha value is -0.920. The summed E-state index contributed by atoms with van der Waals surface area (Å²) in [5, 5.41) is 9.75. The van der Waals surface area contributed by atoms with Gasteiger partial charge in [0.1, 0.15) is 4.90 Å². The lowest BCUT2D eigenvalue weighted by Crippen LogP contribution is -2.33. The van der Waals surface area contributed by atoms with Crippen LogP contribution in [0.1, 0.15) is 57.3 Å². The summed E-state index contributed by atoms with van der Waals surface area (Å²) in [6, 6.07) is -0.0661. The first-order chi connectivity index (χ1) is 9.92. The summed E-state index contributed by atoms with van der Waals surface area (Å²) < 4.78 is 27.8. The standard InChI is InChI=1S/C14H28N4O2S/c1-5-6-7-8-9-11(2)18-21(19,20)14-12(3)16-17-13(14)10-15-4/h11,15,18H,5-10H2,1-4H3,(H,16,17). The van der Waals surface area contributed by atoms with Crippen LogP contribution in [-0.4, -0.2) is 31.7 Å². The highest BCUT2D eigenvalue weighted by Gasteiger charge is 2.25. The third-order valence-corrected chi connectivity index (χ3v) is 5.21. The first kappa shape index (κ1) is 18.1. The van der Waals surface area contributed by atoms with E-state index in [1.807, 2.05) is 6.92 Å². The van der Waals surface area contributed by atoms with E-state index in [0.29, 0.717) is 17.9 Å². The van der Waals surface area contributed by atoms with Crippen molar-refractivity contribution in [2.24, 2.45) is 0 Å². The molecule has 0 amide bonds. The van der Waals surface area contributed by atoms with Crippen molar-refractivity contribution in [1.29, 1.82) is 0 Å². The Labute approximate surface area is 128 Å². The Morgan fingerprint density at radius 2 is 2.00 bits per heavy atom. The number of hydrogen-bond acceptors (Lipinski definition) is 4. The van der Waals surface area contributed by atoms with Crippen LogP contribution in [0.2, 0.25) is 0 Å². The number of sulfonamides is 1. The van der Waals surface area contributed by atoms with Gasteiger partial charge in [-0.1, -0.05) is 32.6 Å². The van der Waals surface area contributed by atoms with Gasteiger partial charge in [0, 0.05) is 12.6 Å². The van der Waals surface area contributed by atoms with Crippen LogP contribution in [0.5, 0.6) is 0 Å². The van der Waals surface area contributed by atoms with Crippen LogP contribution in [-0.2, 0) is 16.6 Å². The van der Waals surface area contributed by atoms with Gasteiger partial charge >= 0.3 is 0 Å². The van der Waals surface area contributed by atoms with Gasteiger partial charge in [-0.25, -0.2) is 13.1 Å². The molecule has 0 fully saturated rings. The average Bonchev–Trinajstić information content (AvgIpc) is 2.76. The summed E-state index contributed by atoms with van der Waals surface area (Å²) in [7, 11) is -1.76.